The fourth-order valence-electron chi connectivity index (χ4n) is 1.67. The van der Waals surface area contributed by atoms with Gasteiger partial charge in [0.2, 0.25) is 5.91 Å². The summed E-state index contributed by atoms with van der Waals surface area (Å²) in [6, 6.07) is 14.1. The van der Waals surface area contributed by atoms with Crippen LogP contribution in [0.2, 0.25) is 0 Å². The van der Waals surface area contributed by atoms with Crippen LogP contribution in [0.1, 0.15) is 16.5 Å². The summed E-state index contributed by atoms with van der Waals surface area (Å²) in [5, 5.41) is 11.5. The first-order valence-corrected chi connectivity index (χ1v) is 6.31. The fraction of sp³-hybridized carbons (Fsp3) is 0.133. The van der Waals surface area contributed by atoms with Crippen molar-refractivity contribution in [2.75, 3.05) is 5.32 Å². The van der Waals surface area contributed by atoms with Crippen molar-refractivity contribution in [3.05, 3.63) is 59.7 Å². The second kappa shape index (κ2) is 5.76. The van der Waals surface area contributed by atoms with Gasteiger partial charge in [-0.25, -0.2) is 0 Å². The van der Waals surface area contributed by atoms with E-state index < -0.39 is 5.38 Å². The molecule has 0 fully saturated rings. The third-order valence-corrected chi connectivity index (χ3v) is 3.25. The molecule has 2 N–H and O–H groups in total. The monoisotopic (exact) mass is 275 g/mol. The lowest BCUT2D eigenvalue weighted by molar-refractivity contribution is -0.116. The molecule has 4 heteroatoms. The van der Waals surface area contributed by atoms with Gasteiger partial charge in [0.25, 0.3) is 0 Å². The molecule has 1 unspecified atom stereocenters. The van der Waals surface area contributed by atoms with Crippen LogP contribution in [-0.4, -0.2) is 11.0 Å². The van der Waals surface area contributed by atoms with Crippen molar-refractivity contribution in [2.24, 2.45) is 0 Å². The van der Waals surface area contributed by atoms with Gasteiger partial charge in [-0.15, -0.1) is 11.6 Å². The molecule has 19 heavy (non-hydrogen) atoms. The highest BCUT2D eigenvalue weighted by Gasteiger charge is 2.17. The molecule has 3 nitrogen and oxygen atoms in total. The van der Waals surface area contributed by atoms with E-state index in [-0.39, 0.29) is 11.7 Å². The standard InChI is InChI=1S/C15H14ClNO2/c1-10-7-8-12(9-13(10)18)17-15(19)14(16)11-5-3-2-4-6-11/h2-9,14,18H,1H3,(H,17,19). The number of nitrogens with one attached hydrogen (secondary N) is 1. The van der Waals surface area contributed by atoms with E-state index in [1.54, 1.807) is 31.2 Å². The van der Waals surface area contributed by atoms with E-state index in [2.05, 4.69) is 5.32 Å². The minimum absolute atomic E-state index is 0.142. The van der Waals surface area contributed by atoms with E-state index in [0.29, 0.717) is 5.69 Å². The first-order chi connectivity index (χ1) is 9.08. The minimum Gasteiger partial charge on any atom is -0.508 e. The van der Waals surface area contributed by atoms with Gasteiger partial charge in [0.1, 0.15) is 11.1 Å². The summed E-state index contributed by atoms with van der Waals surface area (Å²) >= 11 is 6.10. The minimum atomic E-state index is -0.760. The van der Waals surface area contributed by atoms with Crippen molar-refractivity contribution in [2.45, 2.75) is 12.3 Å². The first-order valence-electron chi connectivity index (χ1n) is 5.87. The van der Waals surface area contributed by atoms with Crippen LogP contribution >= 0.6 is 11.6 Å². The summed E-state index contributed by atoms with van der Waals surface area (Å²) in [6.45, 7) is 1.79. The highest BCUT2D eigenvalue weighted by molar-refractivity contribution is 6.32. The molecule has 1 atom stereocenters. The van der Waals surface area contributed by atoms with Gasteiger partial charge in [0.05, 0.1) is 0 Å². The number of rotatable bonds is 3. The van der Waals surface area contributed by atoms with Gasteiger partial charge in [-0.05, 0) is 24.1 Å². The summed E-state index contributed by atoms with van der Waals surface area (Å²) in [6.07, 6.45) is 0. The smallest absolute Gasteiger partial charge is 0.246 e. The van der Waals surface area contributed by atoms with Crippen molar-refractivity contribution >= 4 is 23.2 Å². The predicted octanol–water partition coefficient (Wildman–Crippen LogP) is 3.62. The fourth-order valence-corrected chi connectivity index (χ4v) is 1.87. The number of phenolic OH excluding ortho intramolecular Hbond substituents is 1. The Morgan fingerprint density at radius 2 is 1.89 bits per heavy atom. The lowest BCUT2D eigenvalue weighted by atomic mass is 10.1. The number of carbonyl (C=O) groups is 1. The number of benzene rings is 2. The number of hydrogen-bond donors (Lipinski definition) is 2. The number of amides is 1. The number of aryl methyl sites for hydroxylation is 1. The molecule has 0 aliphatic heterocycles. The topological polar surface area (TPSA) is 49.3 Å². The molecule has 98 valence electrons. The molecule has 0 bridgehead atoms. The van der Waals surface area contributed by atoms with E-state index in [4.69, 9.17) is 11.6 Å². The Morgan fingerprint density at radius 1 is 1.21 bits per heavy atom. The number of aromatic hydroxyl groups is 1. The Kier molecular flexibility index (Phi) is 4.07. The van der Waals surface area contributed by atoms with Crippen LogP contribution in [0, 0.1) is 6.92 Å². The first kappa shape index (κ1) is 13.4. The number of halogens is 1. The molecule has 2 aromatic carbocycles. The van der Waals surface area contributed by atoms with Crippen molar-refractivity contribution in [3.8, 4) is 5.75 Å². The number of alkyl halides is 1. The molecule has 0 saturated carbocycles. The van der Waals surface area contributed by atoms with E-state index in [9.17, 15) is 9.90 Å². The zero-order valence-corrected chi connectivity index (χ0v) is 11.2. The number of anilines is 1. The molecule has 0 aliphatic carbocycles. The third-order valence-electron chi connectivity index (χ3n) is 2.80. The van der Waals surface area contributed by atoms with Crippen molar-refractivity contribution in [1.29, 1.82) is 0 Å². The average molecular weight is 276 g/mol. The molecule has 1 amide bonds. The van der Waals surface area contributed by atoms with Crippen molar-refractivity contribution < 1.29 is 9.90 Å². The summed E-state index contributed by atoms with van der Waals surface area (Å²) in [5.41, 5.74) is 2.01. The van der Waals surface area contributed by atoms with E-state index in [0.717, 1.165) is 11.1 Å². The van der Waals surface area contributed by atoms with Crippen LogP contribution in [0.3, 0.4) is 0 Å². The normalized spacial score (nSPS) is 11.9. The highest BCUT2D eigenvalue weighted by atomic mass is 35.5. The van der Waals surface area contributed by atoms with Crippen LogP contribution in [0.5, 0.6) is 5.75 Å². The maximum atomic E-state index is 12.0. The van der Waals surface area contributed by atoms with Gasteiger partial charge < -0.3 is 10.4 Å². The summed E-state index contributed by atoms with van der Waals surface area (Å²) in [5.74, 6) is -0.181. The van der Waals surface area contributed by atoms with E-state index in [1.807, 2.05) is 18.2 Å². The molecule has 0 heterocycles. The molecular weight excluding hydrogens is 262 g/mol. The van der Waals surface area contributed by atoms with Crippen molar-refractivity contribution in [3.63, 3.8) is 0 Å². The maximum Gasteiger partial charge on any atom is 0.246 e. The van der Waals surface area contributed by atoms with Crippen LogP contribution in [-0.2, 0) is 4.79 Å². The molecule has 0 saturated heterocycles. The zero-order chi connectivity index (χ0) is 13.8. The largest absolute Gasteiger partial charge is 0.508 e. The van der Waals surface area contributed by atoms with Crippen LogP contribution in [0.15, 0.2) is 48.5 Å². The summed E-state index contributed by atoms with van der Waals surface area (Å²) < 4.78 is 0. The number of carbonyl (C=O) groups excluding carboxylic acids is 1. The Labute approximate surface area is 116 Å². The van der Waals surface area contributed by atoms with Crippen LogP contribution in [0.25, 0.3) is 0 Å². The average Bonchev–Trinajstić information content (AvgIpc) is 2.43. The quantitative estimate of drug-likeness (QED) is 0.841. The van der Waals surface area contributed by atoms with Gasteiger partial charge in [-0.1, -0.05) is 36.4 Å². The Hall–Kier alpha value is -2.00. The van der Waals surface area contributed by atoms with Gasteiger partial charge in [-0.2, -0.15) is 0 Å². The lowest BCUT2D eigenvalue weighted by Crippen LogP contribution is -2.17. The van der Waals surface area contributed by atoms with Gasteiger partial charge in [0.15, 0.2) is 0 Å². The van der Waals surface area contributed by atoms with Crippen LogP contribution < -0.4 is 5.32 Å². The second-order valence-electron chi connectivity index (χ2n) is 4.26. The molecule has 0 aliphatic rings. The van der Waals surface area contributed by atoms with Gasteiger partial charge in [-0.3, -0.25) is 4.79 Å². The second-order valence-corrected chi connectivity index (χ2v) is 4.70. The molecule has 2 aromatic rings. The van der Waals surface area contributed by atoms with E-state index >= 15 is 0 Å². The number of hydrogen-bond acceptors (Lipinski definition) is 2. The molecule has 0 spiro atoms. The molecule has 0 aromatic heterocycles. The van der Waals surface area contributed by atoms with Gasteiger partial charge >= 0.3 is 0 Å². The molecule has 0 radical (unpaired) electrons. The Balaban J connectivity index is 2.10. The maximum absolute atomic E-state index is 12.0. The zero-order valence-electron chi connectivity index (χ0n) is 10.4. The predicted molar refractivity (Wildman–Crippen MR) is 76.5 cm³/mol. The Morgan fingerprint density at radius 3 is 2.53 bits per heavy atom. The highest BCUT2D eigenvalue weighted by Crippen LogP contribution is 2.25. The summed E-state index contributed by atoms with van der Waals surface area (Å²) in [7, 11) is 0. The van der Waals surface area contributed by atoms with Gasteiger partial charge in [0, 0.05) is 11.8 Å². The summed E-state index contributed by atoms with van der Waals surface area (Å²) in [4.78, 5) is 12.0. The van der Waals surface area contributed by atoms with E-state index in [1.165, 1.54) is 6.07 Å². The lowest BCUT2D eigenvalue weighted by Gasteiger charge is -2.11. The SMILES string of the molecule is Cc1ccc(NC(=O)C(Cl)c2ccccc2)cc1O. The third kappa shape index (κ3) is 3.26. The van der Waals surface area contributed by atoms with Crippen molar-refractivity contribution in [1.82, 2.24) is 0 Å². The molecular formula is C15H14ClNO2. The molecule has 2 rings (SSSR count). The number of phenols is 1. The van der Waals surface area contributed by atoms with Crippen LogP contribution in [0.4, 0.5) is 5.69 Å². The Bertz CT molecular complexity index is 584.